The Morgan fingerprint density at radius 2 is 1.65 bits per heavy atom. The Balaban J connectivity index is 3.21. The van der Waals surface area contributed by atoms with Crippen molar-refractivity contribution in [1.29, 1.82) is 0 Å². The number of nitrogens with two attached hydrogens (primary N) is 1. The summed E-state index contributed by atoms with van der Waals surface area (Å²) in [5.41, 5.74) is -4.34. The summed E-state index contributed by atoms with van der Waals surface area (Å²) in [5, 5.41) is 0. The number of thioether (sulfide) groups is 1. The summed E-state index contributed by atoms with van der Waals surface area (Å²) in [4.78, 5) is -0.913. The van der Waals surface area contributed by atoms with Crippen molar-refractivity contribution in [3.05, 3.63) is 23.8 Å². The minimum atomic E-state index is -4.87. The van der Waals surface area contributed by atoms with Gasteiger partial charge in [-0.2, -0.15) is 26.3 Å². The number of alkyl halides is 6. The van der Waals surface area contributed by atoms with Crippen LogP contribution in [0.25, 0.3) is 0 Å². The van der Waals surface area contributed by atoms with E-state index in [9.17, 15) is 26.3 Å². The predicted octanol–water partition coefficient (Wildman–Crippen LogP) is 3.60. The van der Waals surface area contributed by atoms with E-state index in [1.807, 2.05) is 5.43 Å². The summed E-state index contributed by atoms with van der Waals surface area (Å²) in [7, 11) is 0. The van der Waals surface area contributed by atoms with E-state index in [1.54, 1.807) is 0 Å². The van der Waals surface area contributed by atoms with Crippen molar-refractivity contribution in [2.75, 3.05) is 5.43 Å². The summed E-state index contributed by atoms with van der Waals surface area (Å²) in [5.74, 6) is 4.89. The molecule has 0 aliphatic carbocycles. The molecule has 0 fully saturated rings. The van der Waals surface area contributed by atoms with E-state index in [0.717, 1.165) is 12.1 Å². The standard InChI is InChI=1S/C8H6F6N2S/c9-7(10,11)5-3-4(16-15)1-2-6(5)17-8(12,13)14/h1-3,16H,15H2. The van der Waals surface area contributed by atoms with Crippen LogP contribution in [0.4, 0.5) is 32.0 Å². The molecule has 0 aromatic heterocycles. The number of nitrogens with one attached hydrogen (secondary N) is 1. The van der Waals surface area contributed by atoms with E-state index in [1.165, 1.54) is 0 Å². The smallest absolute Gasteiger partial charge is 0.324 e. The third-order valence-corrected chi connectivity index (χ3v) is 2.48. The largest absolute Gasteiger partial charge is 0.446 e. The minimum absolute atomic E-state index is 0.121. The molecule has 0 saturated heterocycles. The molecular formula is C8H6F6N2S. The van der Waals surface area contributed by atoms with Gasteiger partial charge in [0.25, 0.3) is 0 Å². The molecule has 3 N–H and O–H groups in total. The lowest BCUT2D eigenvalue weighted by Gasteiger charge is -2.14. The SMILES string of the molecule is NNc1ccc(SC(F)(F)F)c(C(F)(F)F)c1. The fourth-order valence-electron chi connectivity index (χ4n) is 1.05. The molecule has 0 bridgehead atoms. The molecule has 0 atom stereocenters. The minimum Gasteiger partial charge on any atom is -0.324 e. The zero-order valence-corrected chi connectivity index (χ0v) is 8.80. The quantitative estimate of drug-likeness (QED) is 0.375. The van der Waals surface area contributed by atoms with Crippen LogP contribution >= 0.6 is 11.8 Å². The van der Waals surface area contributed by atoms with Gasteiger partial charge in [0.1, 0.15) is 0 Å². The lowest BCUT2D eigenvalue weighted by Crippen LogP contribution is -2.12. The molecule has 0 aliphatic heterocycles. The maximum absolute atomic E-state index is 12.5. The van der Waals surface area contributed by atoms with Gasteiger partial charge in [-0.15, -0.1) is 0 Å². The first-order chi connectivity index (χ1) is 7.63. The zero-order valence-electron chi connectivity index (χ0n) is 7.99. The normalized spacial score (nSPS) is 12.6. The number of hydrazine groups is 1. The number of hydrogen-bond acceptors (Lipinski definition) is 3. The highest BCUT2D eigenvalue weighted by Crippen LogP contribution is 2.44. The fraction of sp³-hybridized carbons (Fsp3) is 0.250. The number of hydrogen-bond donors (Lipinski definition) is 2. The van der Waals surface area contributed by atoms with Crippen LogP contribution in [0.3, 0.4) is 0 Å². The van der Waals surface area contributed by atoms with Crippen LogP contribution < -0.4 is 11.3 Å². The Morgan fingerprint density at radius 3 is 2.06 bits per heavy atom. The molecule has 0 amide bonds. The Kier molecular flexibility index (Phi) is 3.82. The predicted molar refractivity (Wildman–Crippen MR) is 51.2 cm³/mol. The van der Waals surface area contributed by atoms with Crippen molar-refractivity contribution in [3.63, 3.8) is 0 Å². The van der Waals surface area contributed by atoms with Gasteiger partial charge in [0.05, 0.1) is 5.56 Å². The second-order valence-corrected chi connectivity index (χ2v) is 4.01. The van der Waals surface area contributed by atoms with Gasteiger partial charge in [-0.25, -0.2) is 0 Å². The van der Waals surface area contributed by atoms with Crippen LogP contribution in [-0.4, -0.2) is 5.51 Å². The molecule has 0 unspecified atom stereocenters. The monoisotopic (exact) mass is 276 g/mol. The number of rotatable bonds is 2. The molecule has 96 valence electrons. The number of benzene rings is 1. The van der Waals surface area contributed by atoms with Crippen LogP contribution in [-0.2, 0) is 6.18 Å². The fourth-order valence-corrected chi connectivity index (χ4v) is 1.73. The molecule has 0 spiro atoms. The van der Waals surface area contributed by atoms with Gasteiger partial charge in [0, 0.05) is 10.6 Å². The molecule has 1 rings (SSSR count). The second-order valence-electron chi connectivity index (χ2n) is 2.90. The second kappa shape index (κ2) is 4.65. The summed E-state index contributed by atoms with van der Waals surface area (Å²) in [6, 6.07) is 2.27. The average molecular weight is 276 g/mol. The van der Waals surface area contributed by atoms with Gasteiger partial charge in [0.2, 0.25) is 0 Å². The molecule has 1 aromatic rings. The van der Waals surface area contributed by atoms with Gasteiger partial charge in [-0.3, -0.25) is 5.84 Å². The topological polar surface area (TPSA) is 38.0 Å². The first-order valence-electron chi connectivity index (χ1n) is 4.07. The molecule has 17 heavy (non-hydrogen) atoms. The van der Waals surface area contributed by atoms with Crippen molar-refractivity contribution in [2.45, 2.75) is 16.6 Å². The Hall–Kier alpha value is -1.09. The van der Waals surface area contributed by atoms with Crippen LogP contribution in [0.15, 0.2) is 23.1 Å². The molecule has 1 aromatic carbocycles. The van der Waals surface area contributed by atoms with E-state index >= 15 is 0 Å². The molecular weight excluding hydrogens is 270 g/mol. The summed E-state index contributed by atoms with van der Waals surface area (Å²) in [6.07, 6.45) is -4.87. The van der Waals surface area contributed by atoms with Gasteiger partial charge in [0.15, 0.2) is 0 Å². The van der Waals surface area contributed by atoms with Crippen LogP contribution in [0.5, 0.6) is 0 Å². The molecule has 0 heterocycles. The number of anilines is 1. The average Bonchev–Trinajstić information content (AvgIpc) is 2.14. The Labute approximate surface area is 96.1 Å². The van der Waals surface area contributed by atoms with Crippen molar-refractivity contribution < 1.29 is 26.3 Å². The van der Waals surface area contributed by atoms with Crippen molar-refractivity contribution in [1.82, 2.24) is 0 Å². The Bertz CT molecular complexity index is 400. The number of nitrogen functional groups attached to an aromatic ring is 1. The first-order valence-corrected chi connectivity index (χ1v) is 4.89. The first kappa shape index (κ1) is 14.0. The summed E-state index contributed by atoms with van der Waals surface area (Å²) >= 11 is -0.815. The van der Waals surface area contributed by atoms with Crippen molar-refractivity contribution in [2.24, 2.45) is 5.84 Å². The maximum atomic E-state index is 12.5. The number of halogens is 6. The molecule has 9 heteroatoms. The van der Waals surface area contributed by atoms with Crippen molar-refractivity contribution in [3.8, 4) is 0 Å². The maximum Gasteiger partial charge on any atom is 0.446 e. The molecule has 0 radical (unpaired) electrons. The van der Waals surface area contributed by atoms with Crippen LogP contribution in [0, 0.1) is 0 Å². The third kappa shape index (κ3) is 4.00. The van der Waals surface area contributed by atoms with Gasteiger partial charge < -0.3 is 5.43 Å². The van der Waals surface area contributed by atoms with E-state index in [0.29, 0.717) is 6.07 Å². The highest BCUT2D eigenvalue weighted by molar-refractivity contribution is 8.00. The lowest BCUT2D eigenvalue weighted by molar-refractivity contribution is -0.139. The van der Waals surface area contributed by atoms with Crippen LogP contribution in [0.2, 0.25) is 0 Å². The van der Waals surface area contributed by atoms with Gasteiger partial charge in [-0.05, 0) is 30.0 Å². The van der Waals surface area contributed by atoms with E-state index in [2.05, 4.69) is 0 Å². The lowest BCUT2D eigenvalue weighted by atomic mass is 10.2. The van der Waals surface area contributed by atoms with E-state index in [-0.39, 0.29) is 5.69 Å². The highest BCUT2D eigenvalue weighted by atomic mass is 32.2. The third-order valence-electron chi connectivity index (χ3n) is 1.68. The molecule has 0 aliphatic rings. The highest BCUT2D eigenvalue weighted by Gasteiger charge is 2.38. The molecule has 0 saturated carbocycles. The zero-order chi connectivity index (χ0) is 13.3. The van der Waals surface area contributed by atoms with Gasteiger partial charge in [-0.1, -0.05) is 0 Å². The van der Waals surface area contributed by atoms with E-state index < -0.39 is 33.9 Å². The molecule has 2 nitrogen and oxygen atoms in total. The summed E-state index contributed by atoms with van der Waals surface area (Å²) in [6.45, 7) is 0. The summed E-state index contributed by atoms with van der Waals surface area (Å²) < 4.78 is 73.6. The van der Waals surface area contributed by atoms with Crippen LogP contribution in [0.1, 0.15) is 5.56 Å². The van der Waals surface area contributed by atoms with E-state index in [4.69, 9.17) is 5.84 Å². The Morgan fingerprint density at radius 1 is 1.06 bits per heavy atom. The van der Waals surface area contributed by atoms with Crippen molar-refractivity contribution >= 4 is 17.4 Å². The van der Waals surface area contributed by atoms with Gasteiger partial charge >= 0.3 is 11.7 Å².